The Labute approximate surface area is 201 Å². The van der Waals surface area contributed by atoms with Crippen LogP contribution < -0.4 is 14.8 Å². The van der Waals surface area contributed by atoms with Crippen LogP contribution in [0.4, 0.5) is 0 Å². The summed E-state index contributed by atoms with van der Waals surface area (Å²) in [7, 11) is 0.951. The normalized spacial score (nSPS) is 11.3. The first-order chi connectivity index (χ1) is 16.2. The SMILES string of the molecule is COc1ccc(CCNC(=O)c2ccc(OC)c(CN(C)S(=O)(=O)c3ccc(C)cc3)c2)cc1. The zero-order chi connectivity index (χ0) is 24.7. The van der Waals surface area contributed by atoms with Crippen LogP contribution in [-0.4, -0.2) is 46.4 Å². The third kappa shape index (κ3) is 6.15. The minimum Gasteiger partial charge on any atom is -0.497 e. The minimum absolute atomic E-state index is 0.0619. The van der Waals surface area contributed by atoms with Crippen molar-refractivity contribution >= 4 is 15.9 Å². The summed E-state index contributed by atoms with van der Waals surface area (Å²) in [6.45, 7) is 2.43. The molecule has 0 aliphatic rings. The summed E-state index contributed by atoms with van der Waals surface area (Å²) in [5, 5.41) is 2.91. The number of nitrogens with zero attached hydrogens (tertiary/aromatic N) is 1. The van der Waals surface area contributed by atoms with Crippen LogP contribution in [-0.2, 0) is 23.0 Å². The molecule has 0 radical (unpaired) electrons. The van der Waals surface area contributed by atoms with Crippen LogP contribution in [0, 0.1) is 6.92 Å². The number of methoxy groups -OCH3 is 2. The van der Waals surface area contributed by atoms with Crippen molar-refractivity contribution in [2.24, 2.45) is 0 Å². The van der Waals surface area contributed by atoms with Crippen LogP contribution in [0.2, 0.25) is 0 Å². The van der Waals surface area contributed by atoms with Gasteiger partial charge < -0.3 is 14.8 Å². The molecule has 0 unspecified atom stereocenters. The molecule has 0 aliphatic heterocycles. The Bertz CT molecular complexity index is 1220. The van der Waals surface area contributed by atoms with Crippen LogP contribution in [0.3, 0.4) is 0 Å². The summed E-state index contributed by atoms with van der Waals surface area (Å²) in [5.74, 6) is 1.06. The molecule has 0 spiro atoms. The quantitative estimate of drug-likeness (QED) is 0.475. The number of carbonyl (C=O) groups is 1. The lowest BCUT2D eigenvalue weighted by Crippen LogP contribution is -2.28. The van der Waals surface area contributed by atoms with Gasteiger partial charge in [-0.3, -0.25) is 4.79 Å². The van der Waals surface area contributed by atoms with E-state index in [2.05, 4.69) is 5.32 Å². The Hall–Kier alpha value is -3.36. The van der Waals surface area contributed by atoms with E-state index in [1.807, 2.05) is 31.2 Å². The van der Waals surface area contributed by atoms with Gasteiger partial charge in [0, 0.05) is 31.3 Å². The second kappa shape index (κ2) is 11.2. The van der Waals surface area contributed by atoms with E-state index in [0.717, 1.165) is 16.9 Å². The fraction of sp³-hybridized carbons (Fsp3) is 0.269. The molecule has 0 aromatic heterocycles. The van der Waals surface area contributed by atoms with E-state index >= 15 is 0 Å². The molecule has 0 heterocycles. The third-order valence-corrected chi connectivity index (χ3v) is 7.34. The fourth-order valence-corrected chi connectivity index (χ4v) is 4.62. The highest BCUT2D eigenvalue weighted by Crippen LogP contribution is 2.24. The van der Waals surface area contributed by atoms with Gasteiger partial charge in [0.2, 0.25) is 10.0 Å². The predicted octanol–water partition coefficient (Wildman–Crippen LogP) is 3.81. The second-order valence-corrected chi connectivity index (χ2v) is 10.00. The minimum atomic E-state index is -3.69. The highest BCUT2D eigenvalue weighted by atomic mass is 32.2. The standard InChI is InChI=1S/C26H30N2O5S/c1-19-5-12-24(13-6-19)34(30,31)28(2)18-22-17-21(9-14-25(22)33-4)26(29)27-16-15-20-7-10-23(32-3)11-8-20/h5-14,17H,15-16,18H2,1-4H3,(H,27,29). The van der Waals surface area contributed by atoms with E-state index in [1.165, 1.54) is 18.5 Å². The van der Waals surface area contributed by atoms with Crippen LogP contribution in [0.25, 0.3) is 0 Å². The molecule has 0 atom stereocenters. The van der Waals surface area contributed by atoms with Gasteiger partial charge in [-0.2, -0.15) is 4.31 Å². The monoisotopic (exact) mass is 482 g/mol. The molecule has 0 saturated carbocycles. The molecule has 1 N–H and O–H groups in total. The molecule has 180 valence electrons. The molecule has 8 heteroatoms. The molecule has 3 aromatic rings. The average molecular weight is 483 g/mol. The number of ether oxygens (including phenoxy) is 2. The number of aryl methyl sites for hydroxylation is 1. The molecule has 0 fully saturated rings. The van der Waals surface area contributed by atoms with Gasteiger partial charge in [0.15, 0.2) is 0 Å². The zero-order valence-corrected chi connectivity index (χ0v) is 20.7. The summed E-state index contributed by atoms with van der Waals surface area (Å²) >= 11 is 0. The molecular formula is C26H30N2O5S. The van der Waals surface area contributed by atoms with Crippen molar-refractivity contribution in [2.45, 2.75) is 24.8 Å². The molecule has 3 aromatic carbocycles. The number of hydrogen-bond donors (Lipinski definition) is 1. The molecule has 34 heavy (non-hydrogen) atoms. The molecule has 0 aliphatic carbocycles. The van der Waals surface area contributed by atoms with Crippen molar-refractivity contribution in [1.29, 1.82) is 0 Å². The summed E-state index contributed by atoms with van der Waals surface area (Å²) in [6, 6.07) is 19.4. The molecule has 1 amide bonds. The Kier molecular flexibility index (Phi) is 8.31. The Morgan fingerprint density at radius 1 is 0.941 bits per heavy atom. The van der Waals surface area contributed by atoms with E-state index < -0.39 is 10.0 Å². The van der Waals surface area contributed by atoms with Crippen LogP contribution in [0.15, 0.2) is 71.6 Å². The van der Waals surface area contributed by atoms with E-state index in [0.29, 0.717) is 29.8 Å². The van der Waals surface area contributed by atoms with Crippen molar-refractivity contribution in [2.75, 3.05) is 27.8 Å². The maximum absolute atomic E-state index is 13.0. The van der Waals surface area contributed by atoms with Crippen molar-refractivity contribution in [1.82, 2.24) is 9.62 Å². The number of carbonyl (C=O) groups excluding carboxylic acids is 1. The maximum atomic E-state index is 13.0. The average Bonchev–Trinajstić information content (AvgIpc) is 2.84. The summed E-state index contributed by atoms with van der Waals surface area (Å²) in [4.78, 5) is 12.9. The number of amides is 1. The molecule has 0 bridgehead atoms. The lowest BCUT2D eigenvalue weighted by Gasteiger charge is -2.19. The van der Waals surface area contributed by atoms with Crippen molar-refractivity contribution in [3.8, 4) is 11.5 Å². The van der Waals surface area contributed by atoms with E-state index in [1.54, 1.807) is 49.6 Å². The number of rotatable bonds is 10. The molecule has 7 nitrogen and oxygen atoms in total. The smallest absolute Gasteiger partial charge is 0.251 e. The third-order valence-electron chi connectivity index (χ3n) is 5.52. The lowest BCUT2D eigenvalue weighted by molar-refractivity contribution is 0.0954. The first kappa shape index (κ1) is 25.3. The Morgan fingerprint density at radius 3 is 2.24 bits per heavy atom. The highest BCUT2D eigenvalue weighted by Gasteiger charge is 2.22. The number of hydrogen-bond acceptors (Lipinski definition) is 5. The number of nitrogens with one attached hydrogen (secondary N) is 1. The summed E-state index contributed by atoms with van der Waals surface area (Å²) < 4.78 is 37.8. The molecular weight excluding hydrogens is 452 g/mol. The van der Waals surface area contributed by atoms with Gasteiger partial charge in [-0.25, -0.2) is 8.42 Å². The maximum Gasteiger partial charge on any atom is 0.251 e. The fourth-order valence-electron chi connectivity index (χ4n) is 3.47. The largest absolute Gasteiger partial charge is 0.497 e. The second-order valence-electron chi connectivity index (χ2n) is 7.95. The van der Waals surface area contributed by atoms with Gasteiger partial charge in [0.05, 0.1) is 19.1 Å². The first-order valence-corrected chi connectivity index (χ1v) is 12.3. The van der Waals surface area contributed by atoms with Gasteiger partial charge in [-0.05, 0) is 61.4 Å². The number of sulfonamides is 1. The van der Waals surface area contributed by atoms with Gasteiger partial charge in [-0.15, -0.1) is 0 Å². The van der Waals surface area contributed by atoms with Crippen molar-refractivity contribution in [3.63, 3.8) is 0 Å². The van der Waals surface area contributed by atoms with Crippen LogP contribution >= 0.6 is 0 Å². The highest BCUT2D eigenvalue weighted by molar-refractivity contribution is 7.89. The van der Waals surface area contributed by atoms with Crippen molar-refractivity contribution < 1.29 is 22.7 Å². The Morgan fingerprint density at radius 2 is 1.62 bits per heavy atom. The topological polar surface area (TPSA) is 84.9 Å². The summed E-state index contributed by atoms with van der Waals surface area (Å²) in [5.41, 5.74) is 3.10. The Balaban J connectivity index is 1.69. The van der Waals surface area contributed by atoms with E-state index in [4.69, 9.17) is 9.47 Å². The van der Waals surface area contributed by atoms with Gasteiger partial charge >= 0.3 is 0 Å². The molecule has 3 rings (SSSR count). The van der Waals surface area contributed by atoms with Crippen LogP contribution in [0.1, 0.15) is 27.0 Å². The van der Waals surface area contributed by atoms with Gasteiger partial charge in [-0.1, -0.05) is 29.8 Å². The van der Waals surface area contributed by atoms with Crippen molar-refractivity contribution in [3.05, 3.63) is 89.0 Å². The summed E-state index contributed by atoms with van der Waals surface area (Å²) in [6.07, 6.45) is 0.677. The zero-order valence-electron chi connectivity index (χ0n) is 19.9. The van der Waals surface area contributed by atoms with Crippen LogP contribution in [0.5, 0.6) is 11.5 Å². The van der Waals surface area contributed by atoms with Gasteiger partial charge in [0.25, 0.3) is 5.91 Å². The van der Waals surface area contributed by atoms with E-state index in [9.17, 15) is 13.2 Å². The van der Waals surface area contributed by atoms with Gasteiger partial charge in [0.1, 0.15) is 11.5 Å². The van der Waals surface area contributed by atoms with E-state index in [-0.39, 0.29) is 17.3 Å². The predicted molar refractivity (Wildman–Crippen MR) is 132 cm³/mol. The lowest BCUT2D eigenvalue weighted by atomic mass is 10.1. The molecule has 0 saturated heterocycles. The number of benzene rings is 3. The first-order valence-electron chi connectivity index (χ1n) is 10.9.